The fourth-order valence-corrected chi connectivity index (χ4v) is 3.18. The molecule has 3 nitrogen and oxygen atoms in total. The summed E-state index contributed by atoms with van der Waals surface area (Å²) in [6, 6.07) is 3.99. The van der Waals surface area contributed by atoms with Crippen molar-refractivity contribution in [2.24, 2.45) is 0 Å². The summed E-state index contributed by atoms with van der Waals surface area (Å²) in [6.07, 6.45) is 4.04. The Balaban J connectivity index is 2.25. The van der Waals surface area contributed by atoms with Crippen LogP contribution in [0.5, 0.6) is 0 Å². The zero-order valence-electron chi connectivity index (χ0n) is 9.44. The molecule has 3 aromatic heterocycles. The van der Waals surface area contributed by atoms with Gasteiger partial charge in [0.05, 0.1) is 20.1 Å². The lowest BCUT2D eigenvalue weighted by atomic mass is 10.3. The Labute approximate surface area is 111 Å². The third-order valence-electron chi connectivity index (χ3n) is 2.57. The normalized spacial score (nSPS) is 11.2. The first-order chi connectivity index (χ1) is 8.15. The molecule has 86 valence electrons. The molecule has 0 N–H and O–H groups in total. The Bertz CT molecular complexity index is 699. The number of thiazole rings is 1. The Kier molecular flexibility index (Phi) is 2.52. The molecule has 0 aliphatic rings. The van der Waals surface area contributed by atoms with Gasteiger partial charge in [0.25, 0.3) is 0 Å². The van der Waals surface area contributed by atoms with E-state index in [2.05, 4.69) is 25.9 Å². The highest BCUT2D eigenvalue weighted by atomic mass is 79.9. The third-order valence-corrected chi connectivity index (χ3v) is 4.29. The second kappa shape index (κ2) is 3.92. The van der Waals surface area contributed by atoms with Crippen LogP contribution >= 0.6 is 27.3 Å². The smallest absolute Gasteiger partial charge is 0.151 e. The van der Waals surface area contributed by atoms with E-state index in [4.69, 9.17) is 0 Å². The van der Waals surface area contributed by atoms with Crippen molar-refractivity contribution in [2.75, 3.05) is 0 Å². The van der Waals surface area contributed by atoms with E-state index < -0.39 is 0 Å². The van der Waals surface area contributed by atoms with Crippen molar-refractivity contribution in [3.8, 4) is 10.6 Å². The van der Waals surface area contributed by atoms with E-state index in [0.717, 1.165) is 31.4 Å². The zero-order chi connectivity index (χ0) is 12.0. The van der Waals surface area contributed by atoms with E-state index in [0.29, 0.717) is 0 Å². The van der Waals surface area contributed by atoms with Crippen LogP contribution < -0.4 is 0 Å². The average molecular weight is 308 g/mol. The molecule has 3 rings (SSSR count). The molecule has 0 saturated heterocycles. The third kappa shape index (κ3) is 1.79. The standard InChI is InChI=1S/C12H10BrN3S/c1-7-11(17-8(2)14-7)10-6-16-5-3-4-9(13)12(16)15-10/h3-6H,1-2H3. The summed E-state index contributed by atoms with van der Waals surface area (Å²) in [5.74, 6) is 0. The molecule has 0 aliphatic heterocycles. The number of imidazole rings is 1. The molecule has 0 unspecified atom stereocenters. The highest BCUT2D eigenvalue weighted by Crippen LogP contribution is 2.30. The summed E-state index contributed by atoms with van der Waals surface area (Å²) in [5, 5.41) is 1.08. The first-order valence-electron chi connectivity index (χ1n) is 5.23. The van der Waals surface area contributed by atoms with Crippen LogP contribution in [0.2, 0.25) is 0 Å². The van der Waals surface area contributed by atoms with Crippen LogP contribution in [0.4, 0.5) is 0 Å². The quantitative estimate of drug-likeness (QED) is 0.684. The van der Waals surface area contributed by atoms with Crippen molar-refractivity contribution in [1.29, 1.82) is 0 Å². The van der Waals surface area contributed by atoms with Crippen LogP contribution in [-0.2, 0) is 0 Å². The number of hydrogen-bond donors (Lipinski definition) is 0. The van der Waals surface area contributed by atoms with Gasteiger partial charge >= 0.3 is 0 Å². The van der Waals surface area contributed by atoms with E-state index >= 15 is 0 Å². The van der Waals surface area contributed by atoms with Gasteiger partial charge in [-0.2, -0.15) is 0 Å². The number of fused-ring (bicyclic) bond motifs is 1. The van der Waals surface area contributed by atoms with Crippen LogP contribution in [0.15, 0.2) is 29.0 Å². The van der Waals surface area contributed by atoms with Gasteiger partial charge in [-0.1, -0.05) is 0 Å². The molecule has 0 radical (unpaired) electrons. The zero-order valence-corrected chi connectivity index (χ0v) is 11.8. The van der Waals surface area contributed by atoms with Crippen molar-refractivity contribution in [3.63, 3.8) is 0 Å². The fourth-order valence-electron chi connectivity index (χ4n) is 1.86. The van der Waals surface area contributed by atoms with Crippen LogP contribution in [0, 0.1) is 13.8 Å². The fraction of sp³-hybridized carbons (Fsp3) is 0.167. The Morgan fingerprint density at radius 1 is 1.29 bits per heavy atom. The van der Waals surface area contributed by atoms with Crippen molar-refractivity contribution in [1.82, 2.24) is 14.4 Å². The van der Waals surface area contributed by atoms with Crippen molar-refractivity contribution in [2.45, 2.75) is 13.8 Å². The molecule has 3 heterocycles. The summed E-state index contributed by atoms with van der Waals surface area (Å²) in [5.41, 5.74) is 2.97. The number of pyridine rings is 1. The molecule has 0 bridgehead atoms. The highest BCUT2D eigenvalue weighted by molar-refractivity contribution is 9.10. The first-order valence-corrected chi connectivity index (χ1v) is 6.84. The lowest BCUT2D eigenvalue weighted by Gasteiger charge is -1.92. The van der Waals surface area contributed by atoms with Crippen LogP contribution in [0.1, 0.15) is 10.7 Å². The lowest BCUT2D eigenvalue weighted by Crippen LogP contribution is -1.80. The maximum absolute atomic E-state index is 4.64. The lowest BCUT2D eigenvalue weighted by molar-refractivity contribution is 1.18. The molecule has 0 spiro atoms. The minimum Gasteiger partial charge on any atom is -0.305 e. The Morgan fingerprint density at radius 3 is 2.76 bits per heavy atom. The first kappa shape index (κ1) is 10.9. The molecule has 0 fully saturated rings. The van der Waals surface area contributed by atoms with E-state index in [1.54, 1.807) is 11.3 Å². The summed E-state index contributed by atoms with van der Waals surface area (Å²) in [6.45, 7) is 4.05. The minimum absolute atomic E-state index is 0.938. The van der Waals surface area contributed by atoms with Crippen LogP contribution in [0.25, 0.3) is 16.2 Å². The van der Waals surface area contributed by atoms with E-state index in [1.165, 1.54) is 0 Å². The maximum atomic E-state index is 4.64. The van der Waals surface area contributed by atoms with Gasteiger partial charge in [-0.3, -0.25) is 0 Å². The predicted molar refractivity (Wildman–Crippen MR) is 73.5 cm³/mol. The summed E-state index contributed by atoms with van der Waals surface area (Å²) < 4.78 is 3.03. The van der Waals surface area contributed by atoms with Crippen LogP contribution in [-0.4, -0.2) is 14.4 Å². The van der Waals surface area contributed by atoms with E-state index in [1.807, 2.05) is 42.8 Å². The number of aryl methyl sites for hydroxylation is 2. The largest absolute Gasteiger partial charge is 0.305 e. The van der Waals surface area contributed by atoms with Gasteiger partial charge in [-0.05, 0) is 41.9 Å². The molecule has 0 aromatic carbocycles. The number of halogens is 1. The molecule has 5 heteroatoms. The van der Waals surface area contributed by atoms with Crippen molar-refractivity contribution in [3.05, 3.63) is 39.7 Å². The molecule has 0 amide bonds. The molecule has 0 saturated carbocycles. The van der Waals surface area contributed by atoms with Gasteiger partial charge in [0, 0.05) is 12.4 Å². The minimum atomic E-state index is 0.938. The second-order valence-corrected chi connectivity index (χ2v) is 5.92. The topological polar surface area (TPSA) is 30.2 Å². The SMILES string of the molecule is Cc1nc(C)c(-c2cn3cccc(Br)c3n2)s1. The Hall–Kier alpha value is -1.20. The van der Waals surface area contributed by atoms with Gasteiger partial charge in [-0.15, -0.1) is 11.3 Å². The van der Waals surface area contributed by atoms with Crippen molar-refractivity contribution >= 4 is 32.9 Å². The molecule has 0 aliphatic carbocycles. The monoisotopic (exact) mass is 307 g/mol. The maximum Gasteiger partial charge on any atom is 0.151 e. The van der Waals surface area contributed by atoms with Gasteiger partial charge in [0.1, 0.15) is 5.69 Å². The average Bonchev–Trinajstić information content (AvgIpc) is 2.82. The Morgan fingerprint density at radius 2 is 2.12 bits per heavy atom. The van der Waals surface area contributed by atoms with Gasteiger partial charge in [-0.25, -0.2) is 9.97 Å². The van der Waals surface area contributed by atoms with Crippen molar-refractivity contribution < 1.29 is 0 Å². The molecular weight excluding hydrogens is 298 g/mol. The molecule has 3 aromatic rings. The summed E-state index contributed by atoms with van der Waals surface area (Å²) >= 11 is 5.20. The predicted octanol–water partition coefficient (Wildman–Crippen LogP) is 3.84. The van der Waals surface area contributed by atoms with E-state index in [-0.39, 0.29) is 0 Å². The number of nitrogens with zero attached hydrogens (tertiary/aromatic N) is 3. The van der Waals surface area contributed by atoms with Gasteiger partial charge < -0.3 is 4.40 Å². The van der Waals surface area contributed by atoms with Gasteiger partial charge in [0.15, 0.2) is 5.65 Å². The van der Waals surface area contributed by atoms with E-state index in [9.17, 15) is 0 Å². The second-order valence-electron chi connectivity index (χ2n) is 3.86. The summed E-state index contributed by atoms with van der Waals surface area (Å²) in [4.78, 5) is 10.2. The van der Waals surface area contributed by atoms with Crippen LogP contribution in [0.3, 0.4) is 0 Å². The molecular formula is C12H10BrN3S. The summed E-state index contributed by atoms with van der Waals surface area (Å²) in [7, 11) is 0. The van der Waals surface area contributed by atoms with Gasteiger partial charge in [0.2, 0.25) is 0 Å². The number of hydrogen-bond acceptors (Lipinski definition) is 3. The number of rotatable bonds is 1. The highest BCUT2D eigenvalue weighted by Gasteiger charge is 2.12. The molecule has 0 atom stereocenters. The number of aromatic nitrogens is 3. The molecule has 17 heavy (non-hydrogen) atoms.